The Hall–Kier alpha value is -1.48. The fourth-order valence-corrected chi connectivity index (χ4v) is 0.380. The number of hydrogen-bond donors (Lipinski definition) is 1. The molecule has 1 amide bonds. The Labute approximate surface area is 91.8 Å². The summed E-state index contributed by atoms with van der Waals surface area (Å²) in [4.78, 5) is 19.8. The van der Waals surface area contributed by atoms with Crippen LogP contribution in [0.15, 0.2) is 0 Å². The molecular formula is C7H9F6NO3. The van der Waals surface area contributed by atoms with E-state index in [2.05, 4.69) is 0 Å². The highest BCUT2D eigenvalue weighted by Gasteiger charge is 2.38. The van der Waals surface area contributed by atoms with Crippen molar-refractivity contribution in [2.24, 2.45) is 0 Å². The summed E-state index contributed by atoms with van der Waals surface area (Å²) >= 11 is 0. The molecule has 0 aliphatic heterocycles. The van der Waals surface area contributed by atoms with E-state index in [1.807, 2.05) is 0 Å². The van der Waals surface area contributed by atoms with Gasteiger partial charge in [0.15, 0.2) is 0 Å². The number of hydrogen-bond acceptors (Lipinski definition) is 2. The summed E-state index contributed by atoms with van der Waals surface area (Å²) in [5, 5.41) is 7.12. The summed E-state index contributed by atoms with van der Waals surface area (Å²) in [6.07, 6.45) is -9.37. The summed E-state index contributed by atoms with van der Waals surface area (Å²) in [6.45, 7) is -0.0892. The number of amides is 1. The first-order chi connectivity index (χ1) is 7.27. The highest BCUT2D eigenvalue weighted by atomic mass is 19.4. The number of alkyl halides is 6. The van der Waals surface area contributed by atoms with E-state index in [1.54, 1.807) is 0 Å². The fourth-order valence-electron chi connectivity index (χ4n) is 0.380. The van der Waals surface area contributed by atoms with Gasteiger partial charge in [0, 0.05) is 14.0 Å². The maximum atomic E-state index is 11.5. The first kappa shape index (κ1) is 17.9. The molecule has 102 valence electrons. The van der Waals surface area contributed by atoms with Crippen LogP contribution in [0.2, 0.25) is 0 Å². The van der Waals surface area contributed by atoms with Gasteiger partial charge in [-0.05, 0) is 0 Å². The van der Waals surface area contributed by atoms with Crippen molar-refractivity contribution < 1.29 is 41.0 Å². The Morgan fingerprint density at radius 2 is 1.41 bits per heavy atom. The first-order valence-electron chi connectivity index (χ1n) is 3.86. The first-order valence-corrected chi connectivity index (χ1v) is 3.86. The molecule has 0 aromatic rings. The van der Waals surface area contributed by atoms with Crippen LogP contribution >= 0.6 is 0 Å². The monoisotopic (exact) mass is 269 g/mol. The van der Waals surface area contributed by atoms with Gasteiger partial charge in [-0.3, -0.25) is 4.79 Å². The molecule has 0 saturated carbocycles. The Bertz CT molecular complexity index is 272. The third-order valence-corrected chi connectivity index (χ3v) is 1.20. The molecule has 0 heterocycles. The van der Waals surface area contributed by atoms with Crippen LogP contribution in [0.25, 0.3) is 0 Å². The molecule has 0 saturated heterocycles. The van der Waals surface area contributed by atoms with Crippen LogP contribution in [0.5, 0.6) is 0 Å². The number of carboxylic acids is 1. The topological polar surface area (TPSA) is 57.6 Å². The van der Waals surface area contributed by atoms with E-state index in [0.717, 1.165) is 14.0 Å². The van der Waals surface area contributed by atoms with E-state index in [0.29, 0.717) is 4.90 Å². The van der Waals surface area contributed by atoms with E-state index in [9.17, 15) is 31.1 Å². The number of aliphatic carboxylic acids is 1. The van der Waals surface area contributed by atoms with Crippen LogP contribution < -0.4 is 0 Å². The Morgan fingerprint density at radius 3 is 1.47 bits per heavy atom. The van der Waals surface area contributed by atoms with Crippen molar-refractivity contribution in [2.75, 3.05) is 13.6 Å². The lowest BCUT2D eigenvalue weighted by Gasteiger charge is -2.16. The molecular weight excluding hydrogens is 260 g/mol. The van der Waals surface area contributed by atoms with Crippen LogP contribution in [-0.2, 0) is 9.59 Å². The van der Waals surface area contributed by atoms with Gasteiger partial charge in [-0.25, -0.2) is 4.79 Å². The van der Waals surface area contributed by atoms with Gasteiger partial charge in [-0.15, -0.1) is 0 Å². The van der Waals surface area contributed by atoms with Crippen molar-refractivity contribution in [3.05, 3.63) is 0 Å². The van der Waals surface area contributed by atoms with Crippen molar-refractivity contribution in [2.45, 2.75) is 19.3 Å². The van der Waals surface area contributed by atoms with E-state index in [1.165, 1.54) is 0 Å². The molecule has 4 nitrogen and oxygen atoms in total. The van der Waals surface area contributed by atoms with E-state index in [-0.39, 0.29) is 0 Å². The highest BCUT2D eigenvalue weighted by molar-refractivity contribution is 5.73. The molecule has 1 N–H and O–H groups in total. The minimum Gasteiger partial charge on any atom is -0.475 e. The minimum absolute atomic E-state index is 0.586. The molecule has 0 atom stereocenters. The zero-order valence-electron chi connectivity index (χ0n) is 8.69. The third kappa shape index (κ3) is 12.5. The molecule has 0 aliphatic rings. The summed E-state index contributed by atoms with van der Waals surface area (Å²) in [5.41, 5.74) is 0. The van der Waals surface area contributed by atoms with Gasteiger partial charge in [0.2, 0.25) is 5.91 Å². The Morgan fingerprint density at radius 1 is 1.12 bits per heavy atom. The molecule has 17 heavy (non-hydrogen) atoms. The quantitative estimate of drug-likeness (QED) is 0.736. The normalized spacial score (nSPS) is 11.3. The number of carbonyl (C=O) groups excluding carboxylic acids is 1. The van der Waals surface area contributed by atoms with Crippen LogP contribution in [0.3, 0.4) is 0 Å². The molecule has 10 heteroatoms. The van der Waals surface area contributed by atoms with Crippen LogP contribution in [0.4, 0.5) is 26.3 Å². The standard InChI is InChI=1S/C5H8F3NO.C2HF3O2/c1-4(10)9(2)3-5(6,7)8;3-2(4,5)1(6)7/h3H2,1-2H3;(H,6,7). The molecule has 0 bridgehead atoms. The number of nitrogens with zero attached hydrogens (tertiary/aromatic N) is 1. The molecule has 0 fully saturated rings. The zero-order chi connectivity index (χ0) is 14.4. The molecule has 0 aromatic carbocycles. The van der Waals surface area contributed by atoms with Gasteiger partial charge in [0.25, 0.3) is 0 Å². The average molecular weight is 269 g/mol. The summed E-state index contributed by atoms with van der Waals surface area (Å²) < 4.78 is 66.2. The van der Waals surface area contributed by atoms with Crippen molar-refractivity contribution in [1.29, 1.82) is 0 Å². The van der Waals surface area contributed by atoms with Gasteiger partial charge in [-0.2, -0.15) is 26.3 Å². The second-order valence-electron chi connectivity index (χ2n) is 2.79. The number of carboxylic acid groups (broad SMARTS) is 1. The van der Waals surface area contributed by atoms with E-state index < -0.39 is 30.8 Å². The van der Waals surface area contributed by atoms with Crippen LogP contribution in [0.1, 0.15) is 6.92 Å². The van der Waals surface area contributed by atoms with Gasteiger partial charge in [0.05, 0.1) is 0 Å². The van der Waals surface area contributed by atoms with Gasteiger partial charge in [-0.1, -0.05) is 0 Å². The molecule has 0 unspecified atom stereocenters. The maximum absolute atomic E-state index is 11.5. The Kier molecular flexibility index (Phi) is 6.64. The van der Waals surface area contributed by atoms with Gasteiger partial charge >= 0.3 is 18.3 Å². The largest absolute Gasteiger partial charge is 0.490 e. The lowest BCUT2D eigenvalue weighted by Crippen LogP contribution is -2.34. The molecule has 0 radical (unpaired) electrons. The predicted octanol–water partition coefficient (Wildman–Crippen LogP) is 1.66. The maximum Gasteiger partial charge on any atom is 0.490 e. The molecule has 0 aromatic heterocycles. The van der Waals surface area contributed by atoms with Crippen LogP contribution in [0, 0.1) is 0 Å². The lowest BCUT2D eigenvalue weighted by molar-refractivity contribution is -0.192. The van der Waals surface area contributed by atoms with Crippen molar-refractivity contribution >= 4 is 11.9 Å². The summed E-state index contributed by atoms with van der Waals surface area (Å²) in [7, 11) is 1.11. The van der Waals surface area contributed by atoms with Crippen LogP contribution in [-0.4, -0.2) is 47.8 Å². The second kappa shape index (κ2) is 6.30. The number of halogens is 6. The van der Waals surface area contributed by atoms with Crippen molar-refractivity contribution in [1.82, 2.24) is 4.90 Å². The summed E-state index contributed by atoms with van der Waals surface area (Å²) in [5.74, 6) is -3.34. The summed E-state index contributed by atoms with van der Waals surface area (Å²) in [6, 6.07) is 0. The van der Waals surface area contributed by atoms with Crippen molar-refractivity contribution in [3.63, 3.8) is 0 Å². The van der Waals surface area contributed by atoms with Gasteiger partial charge < -0.3 is 10.0 Å². The average Bonchev–Trinajstić information content (AvgIpc) is 1.99. The zero-order valence-corrected chi connectivity index (χ0v) is 8.69. The third-order valence-electron chi connectivity index (χ3n) is 1.20. The number of carbonyl (C=O) groups is 2. The second-order valence-corrected chi connectivity index (χ2v) is 2.79. The predicted molar refractivity (Wildman–Crippen MR) is 43.1 cm³/mol. The SMILES string of the molecule is CC(=O)N(C)CC(F)(F)F.O=C(O)C(F)(F)F. The molecule has 0 spiro atoms. The number of rotatable bonds is 1. The fraction of sp³-hybridized carbons (Fsp3) is 0.714. The lowest BCUT2D eigenvalue weighted by atomic mass is 10.5. The Balaban J connectivity index is 0. The van der Waals surface area contributed by atoms with Crippen molar-refractivity contribution in [3.8, 4) is 0 Å². The van der Waals surface area contributed by atoms with Gasteiger partial charge in [0.1, 0.15) is 6.54 Å². The smallest absolute Gasteiger partial charge is 0.475 e. The molecule has 0 rings (SSSR count). The molecule has 0 aliphatic carbocycles. The minimum atomic E-state index is -5.08. The van der Waals surface area contributed by atoms with E-state index >= 15 is 0 Å². The van der Waals surface area contributed by atoms with E-state index in [4.69, 9.17) is 9.90 Å². The highest BCUT2D eigenvalue weighted by Crippen LogP contribution is 2.15.